The van der Waals surface area contributed by atoms with E-state index in [0.29, 0.717) is 31.9 Å². The van der Waals surface area contributed by atoms with Crippen molar-refractivity contribution in [1.82, 2.24) is 5.48 Å². The fourth-order valence-electron chi connectivity index (χ4n) is 3.24. The summed E-state index contributed by atoms with van der Waals surface area (Å²) in [5, 5.41) is 1.84. The average Bonchev–Trinajstić information content (AvgIpc) is 2.74. The first-order valence-electron chi connectivity index (χ1n) is 9.71. The molecule has 1 N–H and O–H groups in total. The Labute approximate surface area is 206 Å². The molecule has 0 aromatic heterocycles. The Morgan fingerprint density at radius 3 is 2.44 bits per heavy atom. The van der Waals surface area contributed by atoms with Crippen molar-refractivity contribution in [3.63, 3.8) is 0 Å². The average molecular weight is 514 g/mol. The second kappa shape index (κ2) is 11.2. The van der Waals surface area contributed by atoms with Crippen LogP contribution in [-0.2, 0) is 21.0 Å². The summed E-state index contributed by atoms with van der Waals surface area (Å²) >= 11 is 24.6. The number of aliphatic imine (C=N–C) groups is 1. The van der Waals surface area contributed by atoms with E-state index in [1.165, 1.54) is 0 Å². The Hall–Kier alpha value is -2.02. The molecule has 0 bridgehead atoms. The summed E-state index contributed by atoms with van der Waals surface area (Å²) in [7, 11) is 0. The molecule has 0 saturated heterocycles. The number of nitrogens with one attached hydrogen (secondary N) is 1. The predicted molar refractivity (Wildman–Crippen MR) is 129 cm³/mol. The van der Waals surface area contributed by atoms with Gasteiger partial charge >= 0.3 is 5.97 Å². The normalized spacial score (nSPS) is 17.4. The Morgan fingerprint density at radius 2 is 1.78 bits per heavy atom. The second-order valence-electron chi connectivity index (χ2n) is 6.85. The molecule has 32 heavy (non-hydrogen) atoms. The van der Waals surface area contributed by atoms with Crippen LogP contribution in [0.5, 0.6) is 0 Å². The van der Waals surface area contributed by atoms with Crippen LogP contribution >= 0.6 is 46.4 Å². The molecule has 3 rings (SSSR count). The van der Waals surface area contributed by atoms with E-state index in [1.54, 1.807) is 50.4 Å². The summed E-state index contributed by atoms with van der Waals surface area (Å²) in [4.78, 5) is 22.7. The van der Waals surface area contributed by atoms with Crippen molar-refractivity contribution in [1.29, 1.82) is 0 Å². The molecule has 5 nitrogen and oxygen atoms in total. The van der Waals surface area contributed by atoms with Crippen molar-refractivity contribution in [3.05, 3.63) is 91.7 Å². The molecule has 0 radical (unpaired) electrons. The molecule has 0 saturated carbocycles. The highest BCUT2D eigenvalue weighted by Crippen LogP contribution is 2.40. The predicted octanol–water partition coefficient (Wildman–Crippen LogP) is 6.82. The molecule has 9 heteroatoms. The van der Waals surface area contributed by atoms with Gasteiger partial charge in [-0.25, -0.2) is 9.79 Å². The number of carbonyl (C=O) groups is 1. The van der Waals surface area contributed by atoms with Crippen LogP contribution in [0.4, 0.5) is 0 Å². The van der Waals surface area contributed by atoms with Crippen LogP contribution in [0, 0.1) is 0 Å². The summed E-state index contributed by atoms with van der Waals surface area (Å²) in [5.74, 6) is -0.982. The first-order chi connectivity index (χ1) is 15.3. The van der Waals surface area contributed by atoms with Gasteiger partial charge in [-0.1, -0.05) is 64.6 Å². The summed E-state index contributed by atoms with van der Waals surface area (Å²) < 4.78 is 5.28. The van der Waals surface area contributed by atoms with E-state index in [4.69, 9.17) is 56.0 Å². The molecule has 1 aliphatic rings. The summed E-state index contributed by atoms with van der Waals surface area (Å²) in [6.45, 7) is 3.89. The molecular weight excluding hydrogens is 494 g/mol. The van der Waals surface area contributed by atoms with Crippen molar-refractivity contribution in [2.45, 2.75) is 26.4 Å². The van der Waals surface area contributed by atoms with Gasteiger partial charge in [0.25, 0.3) is 0 Å². The number of ether oxygens (including phenoxy) is 1. The second-order valence-corrected chi connectivity index (χ2v) is 8.49. The van der Waals surface area contributed by atoms with E-state index in [0.717, 1.165) is 11.1 Å². The molecule has 0 amide bonds. The number of hydrogen-bond donors (Lipinski definition) is 1. The number of halogens is 4. The Bertz CT molecular complexity index is 1090. The van der Waals surface area contributed by atoms with Gasteiger partial charge in [-0.2, -0.15) is 0 Å². The first kappa shape index (κ1) is 24.6. The molecule has 0 spiro atoms. The number of benzene rings is 2. The van der Waals surface area contributed by atoms with Crippen LogP contribution in [0.2, 0.25) is 15.1 Å². The third-order valence-corrected chi connectivity index (χ3v) is 5.87. The molecule has 1 unspecified atom stereocenters. The maximum atomic E-state index is 12.8. The zero-order valence-electron chi connectivity index (χ0n) is 17.3. The minimum atomic E-state index is -0.522. The lowest BCUT2D eigenvalue weighted by Gasteiger charge is -2.27. The monoisotopic (exact) mass is 512 g/mol. The van der Waals surface area contributed by atoms with Gasteiger partial charge in [0.2, 0.25) is 0 Å². The standard InChI is InChI=1S/C23H20Cl4N2O3/c1-3-31-23(30)20-13(2)29-22(27)18(21(20)14-4-7-16(24)8-5-14)11-28-32-12-15-6-9-17(25)10-19(15)26/h4-11,21,28H,3,12H2,1-2H3. The van der Waals surface area contributed by atoms with Crippen LogP contribution in [-0.4, -0.2) is 17.7 Å². The smallest absolute Gasteiger partial charge is 0.336 e. The lowest BCUT2D eigenvalue weighted by atomic mass is 9.82. The van der Waals surface area contributed by atoms with E-state index >= 15 is 0 Å². The number of carbonyl (C=O) groups excluding carboxylic acids is 1. The van der Waals surface area contributed by atoms with Gasteiger partial charge in [0, 0.05) is 32.8 Å². The van der Waals surface area contributed by atoms with E-state index in [9.17, 15) is 4.79 Å². The quantitative estimate of drug-likeness (QED) is 0.250. The number of allylic oxidation sites excluding steroid dienone is 2. The number of hydrogen-bond acceptors (Lipinski definition) is 5. The van der Waals surface area contributed by atoms with Gasteiger partial charge in [0.05, 0.1) is 17.9 Å². The molecule has 1 heterocycles. The van der Waals surface area contributed by atoms with Gasteiger partial charge in [0.15, 0.2) is 0 Å². The van der Waals surface area contributed by atoms with Gasteiger partial charge in [-0.05, 0) is 49.2 Å². The van der Waals surface area contributed by atoms with Gasteiger partial charge < -0.3 is 4.74 Å². The molecular formula is C23H20Cl4N2O3. The van der Waals surface area contributed by atoms with Crippen molar-refractivity contribution in [2.24, 2.45) is 4.99 Å². The molecule has 0 aliphatic carbocycles. The first-order valence-corrected chi connectivity index (χ1v) is 11.2. The Morgan fingerprint density at radius 1 is 1.09 bits per heavy atom. The largest absolute Gasteiger partial charge is 0.463 e. The third-order valence-electron chi connectivity index (χ3n) is 4.73. The van der Waals surface area contributed by atoms with E-state index in [-0.39, 0.29) is 18.4 Å². The van der Waals surface area contributed by atoms with Crippen LogP contribution < -0.4 is 5.48 Å². The number of esters is 1. The Kier molecular flexibility index (Phi) is 8.63. The third kappa shape index (κ3) is 5.85. The summed E-state index contributed by atoms with van der Waals surface area (Å²) in [5.41, 5.74) is 5.76. The molecule has 168 valence electrons. The Balaban J connectivity index is 1.90. The van der Waals surface area contributed by atoms with Crippen molar-refractivity contribution in [2.75, 3.05) is 6.61 Å². The molecule has 2 aromatic carbocycles. The van der Waals surface area contributed by atoms with E-state index in [1.807, 2.05) is 12.1 Å². The highest BCUT2D eigenvalue weighted by atomic mass is 35.5. The highest BCUT2D eigenvalue weighted by Gasteiger charge is 2.34. The highest BCUT2D eigenvalue weighted by molar-refractivity contribution is 6.70. The minimum Gasteiger partial charge on any atom is -0.463 e. The molecule has 1 aliphatic heterocycles. The minimum absolute atomic E-state index is 0.180. The summed E-state index contributed by atoms with van der Waals surface area (Å²) in [6.07, 6.45) is 1.57. The molecule has 2 aromatic rings. The lowest BCUT2D eigenvalue weighted by molar-refractivity contribution is -0.138. The molecule has 1 atom stereocenters. The fraction of sp³-hybridized carbons (Fsp3) is 0.217. The molecule has 0 fully saturated rings. The van der Waals surface area contributed by atoms with Crippen LogP contribution in [0.1, 0.15) is 30.9 Å². The van der Waals surface area contributed by atoms with Crippen LogP contribution in [0.25, 0.3) is 0 Å². The number of hydroxylamine groups is 1. The van der Waals surface area contributed by atoms with E-state index < -0.39 is 11.9 Å². The fourth-order valence-corrected chi connectivity index (χ4v) is 4.12. The van der Waals surface area contributed by atoms with Gasteiger partial charge in [-0.3, -0.25) is 10.3 Å². The maximum absolute atomic E-state index is 12.8. The zero-order valence-corrected chi connectivity index (χ0v) is 20.3. The van der Waals surface area contributed by atoms with Gasteiger partial charge in [0.1, 0.15) is 11.8 Å². The lowest BCUT2D eigenvalue weighted by Crippen LogP contribution is -2.25. The summed E-state index contributed by atoms with van der Waals surface area (Å²) in [6, 6.07) is 12.3. The van der Waals surface area contributed by atoms with Gasteiger partial charge in [-0.15, -0.1) is 0 Å². The maximum Gasteiger partial charge on any atom is 0.336 e. The number of nitrogens with zero attached hydrogens (tertiary/aromatic N) is 1. The van der Waals surface area contributed by atoms with Crippen LogP contribution in [0.3, 0.4) is 0 Å². The zero-order chi connectivity index (χ0) is 23.3. The van der Waals surface area contributed by atoms with Crippen molar-refractivity contribution >= 4 is 57.5 Å². The number of rotatable bonds is 7. The van der Waals surface area contributed by atoms with E-state index in [2.05, 4.69) is 10.5 Å². The van der Waals surface area contributed by atoms with Crippen molar-refractivity contribution < 1.29 is 14.4 Å². The van der Waals surface area contributed by atoms with Crippen LogP contribution in [0.15, 0.2) is 70.5 Å². The van der Waals surface area contributed by atoms with Crippen molar-refractivity contribution in [3.8, 4) is 0 Å². The topological polar surface area (TPSA) is 59.9 Å². The SMILES string of the molecule is CCOC(=O)C1=C(C)N=C(Cl)C(=CNOCc2ccc(Cl)cc2Cl)C1c1ccc(Cl)cc1.